The number of hydrogen-bond donors (Lipinski definition) is 1. The minimum Gasteiger partial charge on any atom is -0.485 e. The molecule has 7 nitrogen and oxygen atoms in total. The lowest BCUT2D eigenvalue weighted by molar-refractivity contribution is -0.168. The minimum atomic E-state index is -4.11. The smallest absolute Gasteiger partial charge is 0.378 e. The molecule has 0 aliphatic carbocycles. The molecule has 0 radical (unpaired) electrons. The van der Waals surface area contributed by atoms with Crippen molar-refractivity contribution in [3.63, 3.8) is 0 Å². The molecule has 1 aliphatic heterocycles. The van der Waals surface area contributed by atoms with Gasteiger partial charge in [0.15, 0.2) is 6.61 Å². The van der Waals surface area contributed by atoms with Gasteiger partial charge in [-0.25, -0.2) is 13.2 Å². The van der Waals surface area contributed by atoms with Gasteiger partial charge >= 0.3 is 11.9 Å². The normalized spacial score (nSPS) is 18.3. The number of hydrogen-bond acceptors (Lipinski definition) is 6. The van der Waals surface area contributed by atoms with Crippen molar-refractivity contribution in [1.82, 2.24) is 4.31 Å². The highest BCUT2D eigenvalue weighted by atomic mass is 32.2. The Morgan fingerprint density at radius 1 is 1.26 bits per heavy atom. The molecule has 0 saturated carbocycles. The Labute approximate surface area is 202 Å². The van der Waals surface area contributed by atoms with Gasteiger partial charge in [0, 0.05) is 31.4 Å². The molecule has 11 heteroatoms. The fourth-order valence-electron chi connectivity index (χ4n) is 3.79. The Morgan fingerprint density at radius 2 is 1.94 bits per heavy atom. The number of alkyl halides is 2. The van der Waals surface area contributed by atoms with E-state index in [0.717, 1.165) is 18.5 Å². The van der Waals surface area contributed by atoms with Crippen molar-refractivity contribution in [3.05, 3.63) is 42.5 Å². The molecule has 1 aliphatic rings. The average Bonchev–Trinajstić information content (AvgIpc) is 2.89. The molecule has 0 saturated heterocycles. The molecule has 1 atom stereocenters. The number of benzene rings is 2. The predicted molar refractivity (Wildman–Crippen MR) is 128 cm³/mol. The lowest BCUT2D eigenvalue weighted by Crippen LogP contribution is -2.40. The zero-order chi connectivity index (χ0) is 25.1. The third-order valence-corrected chi connectivity index (χ3v) is 8.48. The van der Waals surface area contributed by atoms with Crippen LogP contribution in [0.5, 0.6) is 5.75 Å². The molecular weight excluding hydrogens is 486 g/mol. The molecule has 0 spiro atoms. The van der Waals surface area contributed by atoms with Gasteiger partial charge < -0.3 is 14.7 Å². The number of carbonyl (C=O) groups is 1. The molecular formula is C23H28F2N2O5S2. The molecule has 0 unspecified atom stereocenters. The van der Waals surface area contributed by atoms with Gasteiger partial charge in [-0.15, -0.1) is 11.8 Å². The van der Waals surface area contributed by atoms with Gasteiger partial charge in [0.1, 0.15) is 10.6 Å². The van der Waals surface area contributed by atoms with Gasteiger partial charge in [-0.1, -0.05) is 38.0 Å². The summed E-state index contributed by atoms with van der Waals surface area (Å²) in [5.74, 6) is -6.53. The molecule has 2 aromatic carbocycles. The van der Waals surface area contributed by atoms with E-state index in [1.807, 2.05) is 42.2 Å². The number of likely N-dealkylation sites (N-methyl/N-ethyl adjacent to an activating group) is 1. The van der Waals surface area contributed by atoms with Crippen LogP contribution in [0.2, 0.25) is 0 Å². The van der Waals surface area contributed by atoms with Crippen LogP contribution < -0.4 is 9.64 Å². The highest BCUT2D eigenvalue weighted by Gasteiger charge is 2.41. The van der Waals surface area contributed by atoms with Gasteiger partial charge in [0.25, 0.3) is 0 Å². The van der Waals surface area contributed by atoms with E-state index in [1.54, 1.807) is 12.3 Å². The second kappa shape index (κ2) is 10.5. The van der Waals surface area contributed by atoms with Crippen LogP contribution in [-0.2, 0) is 14.8 Å². The van der Waals surface area contributed by atoms with Crippen molar-refractivity contribution >= 4 is 39.1 Å². The van der Waals surface area contributed by atoms with Crippen molar-refractivity contribution in [2.75, 3.05) is 31.4 Å². The number of anilines is 2. The zero-order valence-corrected chi connectivity index (χ0v) is 20.8. The fraction of sp³-hybridized carbons (Fsp3) is 0.435. The number of sulfonamides is 1. The van der Waals surface area contributed by atoms with E-state index < -0.39 is 28.5 Å². The number of unbranched alkanes of at least 4 members (excludes halogenated alkanes) is 1. The number of carboxylic acids is 1. The number of thioether (sulfide) groups is 1. The topological polar surface area (TPSA) is 87.1 Å². The second-order valence-corrected chi connectivity index (χ2v) is 10.8. The average molecular weight is 515 g/mol. The van der Waals surface area contributed by atoms with Gasteiger partial charge in [-0.2, -0.15) is 13.1 Å². The lowest BCUT2D eigenvalue weighted by atomic mass is 10.1. The van der Waals surface area contributed by atoms with Gasteiger partial charge in [0.05, 0.1) is 10.6 Å². The number of aliphatic carboxylic acids is 1. The summed E-state index contributed by atoms with van der Waals surface area (Å²) in [4.78, 5) is 13.1. The monoisotopic (exact) mass is 514 g/mol. The third kappa shape index (κ3) is 5.31. The summed E-state index contributed by atoms with van der Waals surface area (Å²) in [5, 5.41) is 8.71. The molecule has 3 rings (SSSR count). The molecule has 1 heterocycles. The third-order valence-electron chi connectivity index (χ3n) is 5.78. The van der Waals surface area contributed by atoms with Crippen molar-refractivity contribution < 1.29 is 31.8 Å². The number of nitrogens with zero attached hydrogens (tertiary/aromatic N) is 2. The van der Waals surface area contributed by atoms with Gasteiger partial charge in [-0.3, -0.25) is 0 Å². The summed E-state index contributed by atoms with van der Waals surface area (Å²) in [7, 11) is -2.47. The highest BCUT2D eigenvalue weighted by molar-refractivity contribution is 7.98. The Hall–Kier alpha value is -2.37. The van der Waals surface area contributed by atoms with E-state index in [-0.39, 0.29) is 16.7 Å². The first kappa shape index (κ1) is 26.2. The molecule has 0 amide bonds. The first-order valence-corrected chi connectivity index (χ1v) is 13.5. The standard InChI is InChI=1S/C23H28F2N2O5S2/c1-4-5-9-17-14-27(16-10-7-6-8-11-16)18-12-20(33-3)19(32-15-23(24,25)22(28)29)13-21(18)34(30,31)26(17)2/h6-8,10-13,17H,4-5,9,14-15H2,1-3H3,(H,28,29)/t17-/m0/s1. The van der Waals surface area contributed by atoms with Crippen LogP contribution in [0.15, 0.2) is 52.3 Å². The van der Waals surface area contributed by atoms with E-state index in [2.05, 4.69) is 0 Å². The maximum Gasteiger partial charge on any atom is 0.378 e. The summed E-state index contributed by atoms with van der Waals surface area (Å²) in [6.45, 7) is 1.04. The van der Waals surface area contributed by atoms with Crippen molar-refractivity contribution in [3.8, 4) is 5.75 Å². The van der Waals surface area contributed by atoms with Gasteiger partial charge in [-0.05, 0) is 30.9 Å². The Bertz CT molecular complexity index is 1130. The summed E-state index contributed by atoms with van der Waals surface area (Å²) in [6, 6.07) is 11.9. The van der Waals surface area contributed by atoms with Crippen LogP contribution in [0.25, 0.3) is 0 Å². The summed E-state index contributed by atoms with van der Waals surface area (Å²) < 4.78 is 61.1. The quantitative estimate of drug-likeness (QED) is 0.479. The van der Waals surface area contributed by atoms with Crippen LogP contribution in [0.3, 0.4) is 0 Å². The fourth-order valence-corrected chi connectivity index (χ4v) is 5.90. The zero-order valence-electron chi connectivity index (χ0n) is 19.2. The summed E-state index contributed by atoms with van der Waals surface area (Å²) in [6.07, 6.45) is 4.12. The van der Waals surface area contributed by atoms with E-state index in [4.69, 9.17) is 9.84 Å². The van der Waals surface area contributed by atoms with E-state index >= 15 is 0 Å². The molecule has 186 valence electrons. The minimum absolute atomic E-state index is 0.0794. The Balaban J connectivity index is 2.17. The molecule has 0 bridgehead atoms. The SMILES string of the molecule is CCCC[C@H]1CN(c2ccccc2)c2cc(SC)c(OCC(F)(F)C(=O)O)cc2S(=O)(=O)N1C. The molecule has 0 fully saturated rings. The second-order valence-electron chi connectivity index (χ2n) is 8.03. The molecule has 0 aromatic heterocycles. The molecule has 1 N–H and O–H groups in total. The number of fused-ring (bicyclic) bond motifs is 1. The largest absolute Gasteiger partial charge is 0.485 e. The van der Waals surface area contributed by atoms with Crippen LogP contribution in [0.1, 0.15) is 26.2 Å². The number of rotatable bonds is 9. The van der Waals surface area contributed by atoms with E-state index in [9.17, 15) is 22.0 Å². The van der Waals surface area contributed by atoms with Crippen molar-refractivity contribution in [1.29, 1.82) is 0 Å². The first-order chi connectivity index (χ1) is 16.0. The van der Waals surface area contributed by atoms with Crippen LogP contribution in [0, 0.1) is 0 Å². The Morgan fingerprint density at radius 3 is 2.53 bits per heavy atom. The molecule has 2 aromatic rings. The lowest BCUT2D eigenvalue weighted by Gasteiger charge is -2.29. The number of ether oxygens (including phenoxy) is 1. The number of para-hydroxylation sites is 1. The van der Waals surface area contributed by atoms with Crippen LogP contribution in [0.4, 0.5) is 20.2 Å². The maximum absolute atomic E-state index is 13.7. The predicted octanol–water partition coefficient (Wildman–Crippen LogP) is 4.84. The molecule has 34 heavy (non-hydrogen) atoms. The van der Waals surface area contributed by atoms with Crippen LogP contribution >= 0.6 is 11.8 Å². The van der Waals surface area contributed by atoms with Gasteiger partial charge in [0.2, 0.25) is 10.0 Å². The summed E-state index contributed by atoms with van der Waals surface area (Å²) >= 11 is 1.19. The maximum atomic E-state index is 13.7. The van der Waals surface area contributed by atoms with E-state index in [0.29, 0.717) is 23.5 Å². The highest BCUT2D eigenvalue weighted by Crippen LogP contribution is 2.43. The van der Waals surface area contributed by atoms with Crippen LogP contribution in [-0.4, -0.2) is 62.2 Å². The van der Waals surface area contributed by atoms with E-state index in [1.165, 1.54) is 29.2 Å². The summed E-state index contributed by atoms with van der Waals surface area (Å²) in [5.41, 5.74) is 1.22. The first-order valence-electron chi connectivity index (χ1n) is 10.8. The number of carboxylic acid groups (broad SMARTS) is 1. The van der Waals surface area contributed by atoms with Crippen molar-refractivity contribution in [2.45, 2.75) is 47.9 Å². The Kier molecular flexibility index (Phi) is 8.10. The van der Waals surface area contributed by atoms with Crippen molar-refractivity contribution in [2.24, 2.45) is 0 Å². The number of halogens is 2.